The van der Waals surface area contributed by atoms with Crippen molar-refractivity contribution in [2.45, 2.75) is 6.42 Å². The van der Waals surface area contributed by atoms with Crippen LogP contribution in [-0.2, 0) is 0 Å². The van der Waals surface area contributed by atoms with Crippen LogP contribution in [0.4, 0.5) is 0 Å². The van der Waals surface area contributed by atoms with Crippen molar-refractivity contribution in [1.82, 2.24) is 0 Å². The van der Waals surface area contributed by atoms with E-state index < -0.39 is 0 Å². The standard InChI is InChI=1S/C4H9O2.Al.3H/c5-3-1-2-4-6;;;;/h1,5-6H,2-4H2;;;;. The molecule has 0 aliphatic rings. The molecule has 0 rings (SSSR count). The molecule has 0 atom stereocenters. The zero-order valence-electron chi connectivity index (χ0n) is 3.59. The molecule has 0 amide bonds. The Labute approximate surface area is 54.3 Å². The molecule has 3 heteroatoms. The van der Waals surface area contributed by atoms with Crippen LogP contribution in [0, 0.1) is 6.42 Å². The summed E-state index contributed by atoms with van der Waals surface area (Å²) in [4.78, 5) is 0. The highest BCUT2D eigenvalue weighted by Gasteiger charge is 1.77. The maximum absolute atomic E-state index is 8.06. The molecule has 0 aromatic rings. The van der Waals surface area contributed by atoms with Gasteiger partial charge in [-0.2, -0.15) is 0 Å². The first-order chi connectivity index (χ1) is 2.91. The second kappa shape index (κ2) is 9.68. The summed E-state index contributed by atoms with van der Waals surface area (Å²) >= 11 is 0. The van der Waals surface area contributed by atoms with Crippen LogP contribution in [0.1, 0.15) is 6.42 Å². The van der Waals surface area contributed by atoms with E-state index in [-0.39, 0.29) is 30.6 Å². The third kappa shape index (κ3) is 10.7. The van der Waals surface area contributed by atoms with Crippen molar-refractivity contribution in [3.05, 3.63) is 6.42 Å². The highest BCUT2D eigenvalue weighted by Crippen LogP contribution is 1.78. The average molecular weight is 119 g/mol. The Kier molecular flexibility index (Phi) is 14.4. The minimum atomic E-state index is 0. The topological polar surface area (TPSA) is 40.5 Å². The van der Waals surface area contributed by atoms with Crippen molar-refractivity contribution >= 4 is 17.4 Å². The van der Waals surface area contributed by atoms with E-state index in [1.54, 1.807) is 6.42 Å². The van der Waals surface area contributed by atoms with Gasteiger partial charge in [-0.05, 0) is 12.8 Å². The summed E-state index contributed by atoms with van der Waals surface area (Å²) in [5.41, 5.74) is 0. The molecule has 43 valence electrons. The normalized spacial score (nSPS) is 7.71. The van der Waals surface area contributed by atoms with E-state index in [2.05, 4.69) is 0 Å². The lowest BCUT2D eigenvalue weighted by atomic mass is 10.3. The largest absolute Gasteiger partial charge is 0.396 e. The molecule has 2 nitrogen and oxygen atoms in total. The molecule has 0 unspecified atom stereocenters. The Morgan fingerprint density at radius 2 is 1.86 bits per heavy atom. The molecule has 0 aliphatic carbocycles. The minimum Gasteiger partial charge on any atom is -0.396 e. The van der Waals surface area contributed by atoms with E-state index >= 15 is 0 Å². The third-order valence-corrected chi connectivity index (χ3v) is 0.462. The van der Waals surface area contributed by atoms with E-state index in [0.29, 0.717) is 6.42 Å². The summed E-state index contributed by atoms with van der Waals surface area (Å²) in [5, 5.41) is 16.1. The van der Waals surface area contributed by atoms with Crippen LogP contribution in [-0.4, -0.2) is 40.8 Å². The first kappa shape index (κ1) is 10.4. The quantitative estimate of drug-likeness (QED) is 0.346. The predicted octanol–water partition coefficient (Wildman–Crippen LogP) is -1.62. The number of rotatable bonds is 3. The van der Waals surface area contributed by atoms with Gasteiger partial charge >= 0.3 is 0 Å². The molecule has 0 bridgehead atoms. The van der Waals surface area contributed by atoms with Gasteiger partial charge in [0.2, 0.25) is 0 Å². The van der Waals surface area contributed by atoms with Gasteiger partial charge in [0.25, 0.3) is 0 Å². The molecule has 2 N–H and O–H groups in total. The summed E-state index contributed by atoms with van der Waals surface area (Å²) in [7, 11) is 0. The second-order valence-electron chi connectivity index (χ2n) is 0.984. The van der Waals surface area contributed by atoms with Gasteiger partial charge in [-0.15, -0.1) is 0 Å². The molecule has 0 saturated heterocycles. The van der Waals surface area contributed by atoms with Crippen LogP contribution in [0.15, 0.2) is 0 Å². The lowest BCUT2D eigenvalue weighted by Crippen LogP contribution is -1.86. The molecule has 0 aromatic heterocycles. The fraction of sp³-hybridized carbons (Fsp3) is 0.750. The SMILES string of the molecule is OC[CH]CCO.[AlH3]. The number of hydrogen-bond acceptors (Lipinski definition) is 2. The summed E-state index contributed by atoms with van der Waals surface area (Å²) in [6.07, 6.45) is 2.20. The summed E-state index contributed by atoms with van der Waals surface area (Å²) in [6, 6.07) is 0. The average Bonchev–Trinajstić information content (AvgIpc) is 1.61. The first-order valence-corrected chi connectivity index (χ1v) is 1.95. The first-order valence-electron chi connectivity index (χ1n) is 1.95. The molecular formula is C4H12AlO2. The van der Waals surface area contributed by atoms with Crippen molar-refractivity contribution in [2.75, 3.05) is 13.2 Å². The Morgan fingerprint density at radius 1 is 1.29 bits per heavy atom. The summed E-state index contributed by atoms with van der Waals surface area (Å²) in [6.45, 7) is 0.209. The van der Waals surface area contributed by atoms with Gasteiger partial charge in [0.15, 0.2) is 17.4 Å². The van der Waals surface area contributed by atoms with E-state index in [1.807, 2.05) is 0 Å². The van der Waals surface area contributed by atoms with E-state index in [9.17, 15) is 0 Å². The zero-order valence-corrected chi connectivity index (χ0v) is 3.59. The van der Waals surface area contributed by atoms with Gasteiger partial charge in [0.05, 0.1) is 0 Å². The maximum Gasteiger partial charge on any atom is 0.187 e. The predicted molar refractivity (Wildman–Crippen MR) is 33.0 cm³/mol. The molecule has 7 heavy (non-hydrogen) atoms. The second-order valence-corrected chi connectivity index (χ2v) is 0.984. The number of aliphatic hydroxyl groups is 2. The Hall–Kier alpha value is 0.452. The van der Waals surface area contributed by atoms with Crippen molar-refractivity contribution in [3.63, 3.8) is 0 Å². The summed E-state index contributed by atoms with van der Waals surface area (Å²) in [5.74, 6) is 0. The van der Waals surface area contributed by atoms with Crippen LogP contribution in [0.5, 0.6) is 0 Å². The maximum atomic E-state index is 8.06. The molecule has 0 fully saturated rings. The van der Waals surface area contributed by atoms with Crippen LogP contribution >= 0.6 is 0 Å². The third-order valence-electron chi connectivity index (χ3n) is 0.462. The Bertz CT molecular complexity index is 21.7. The van der Waals surface area contributed by atoms with Crippen LogP contribution in [0.25, 0.3) is 0 Å². The molecule has 0 spiro atoms. The van der Waals surface area contributed by atoms with Crippen LogP contribution < -0.4 is 0 Å². The molecule has 0 heterocycles. The highest BCUT2D eigenvalue weighted by atomic mass is 27.0. The van der Waals surface area contributed by atoms with E-state index in [4.69, 9.17) is 10.2 Å². The summed E-state index contributed by atoms with van der Waals surface area (Å²) < 4.78 is 0. The van der Waals surface area contributed by atoms with E-state index in [1.165, 1.54) is 0 Å². The lowest BCUT2D eigenvalue weighted by Gasteiger charge is -1.85. The van der Waals surface area contributed by atoms with Crippen molar-refractivity contribution in [1.29, 1.82) is 0 Å². The number of hydrogen-bond donors (Lipinski definition) is 2. The van der Waals surface area contributed by atoms with Gasteiger partial charge in [0.1, 0.15) is 0 Å². The van der Waals surface area contributed by atoms with E-state index in [0.717, 1.165) is 0 Å². The highest BCUT2D eigenvalue weighted by molar-refractivity contribution is 5.75. The van der Waals surface area contributed by atoms with Gasteiger partial charge in [-0.1, -0.05) is 0 Å². The van der Waals surface area contributed by atoms with Crippen molar-refractivity contribution in [3.8, 4) is 0 Å². The lowest BCUT2D eigenvalue weighted by molar-refractivity contribution is 0.276. The fourth-order valence-corrected chi connectivity index (χ4v) is 0.183. The van der Waals surface area contributed by atoms with Gasteiger partial charge in [-0.3, -0.25) is 0 Å². The Morgan fingerprint density at radius 3 is 2.00 bits per heavy atom. The smallest absolute Gasteiger partial charge is 0.187 e. The minimum absolute atomic E-state index is 0. The van der Waals surface area contributed by atoms with Gasteiger partial charge in [0, 0.05) is 13.2 Å². The Balaban J connectivity index is 0. The van der Waals surface area contributed by atoms with Crippen molar-refractivity contribution < 1.29 is 10.2 Å². The molecule has 0 aliphatic heterocycles. The van der Waals surface area contributed by atoms with Gasteiger partial charge in [-0.25, -0.2) is 0 Å². The van der Waals surface area contributed by atoms with Crippen LogP contribution in [0.3, 0.4) is 0 Å². The fourth-order valence-electron chi connectivity index (χ4n) is 0.183. The molecule has 1 radical (unpaired) electrons. The molecular weight excluding hydrogens is 107 g/mol. The molecule has 0 aromatic carbocycles. The van der Waals surface area contributed by atoms with Crippen LogP contribution in [0.2, 0.25) is 0 Å². The molecule has 0 saturated carbocycles. The number of aliphatic hydroxyl groups excluding tert-OH is 2. The number of unbranched alkanes of at least 4 members (excludes halogenated alkanes) is 1. The van der Waals surface area contributed by atoms with Crippen molar-refractivity contribution in [2.24, 2.45) is 0 Å². The van der Waals surface area contributed by atoms with Gasteiger partial charge < -0.3 is 10.2 Å². The zero-order chi connectivity index (χ0) is 4.83. The monoisotopic (exact) mass is 119 g/mol.